The summed E-state index contributed by atoms with van der Waals surface area (Å²) in [7, 11) is 0. The highest BCUT2D eigenvalue weighted by Crippen LogP contribution is 2.42. The van der Waals surface area contributed by atoms with E-state index in [1.807, 2.05) is 12.1 Å². The molecule has 0 unspecified atom stereocenters. The Hall–Kier alpha value is -7.95. The van der Waals surface area contributed by atoms with Gasteiger partial charge in [-0.15, -0.1) is 0 Å². The van der Waals surface area contributed by atoms with Crippen LogP contribution in [0.2, 0.25) is 0 Å². The van der Waals surface area contributed by atoms with Crippen LogP contribution in [0.15, 0.2) is 205 Å². The van der Waals surface area contributed by atoms with Crippen LogP contribution in [0.4, 0.5) is 0 Å². The summed E-state index contributed by atoms with van der Waals surface area (Å²) >= 11 is 0. The molecule has 0 atom stereocenters. The molecule has 4 aromatic heterocycles. The van der Waals surface area contributed by atoms with E-state index in [1.165, 1.54) is 49.0 Å². The molecular formula is C55H33N3O. The second-order valence-electron chi connectivity index (χ2n) is 15.5. The van der Waals surface area contributed by atoms with Crippen molar-refractivity contribution in [1.82, 2.24) is 14.1 Å². The number of hydrogen-bond acceptors (Lipinski definition) is 2. The third-order valence-electron chi connectivity index (χ3n) is 12.2. The predicted octanol–water partition coefficient (Wildman–Crippen LogP) is 14.8. The Morgan fingerprint density at radius 3 is 1.37 bits per heavy atom. The van der Waals surface area contributed by atoms with Gasteiger partial charge >= 0.3 is 0 Å². The van der Waals surface area contributed by atoms with Crippen LogP contribution in [-0.4, -0.2) is 14.1 Å². The summed E-state index contributed by atoms with van der Waals surface area (Å²) in [6, 6.07) is 72.1. The molecule has 59 heavy (non-hydrogen) atoms. The molecule has 0 radical (unpaired) electrons. The fraction of sp³-hybridized carbons (Fsp3) is 0. The molecular weight excluding hydrogens is 719 g/mol. The number of hydrogen-bond donors (Lipinski definition) is 0. The zero-order chi connectivity index (χ0) is 38.6. The summed E-state index contributed by atoms with van der Waals surface area (Å²) in [5.74, 6) is 0. The standard InChI is InChI=1S/C55H33N3O/c1-2-14-37-32-47-46(31-36(37)13-1)55-53(45-19-7-12-24-52(45)59-55)54(56-47)35-27-25-34(26-28-35)38-29-39(57-48-20-8-3-15-41(48)42-16-4-9-21-49(42)57)33-40(30-38)58-50-22-10-5-17-43(50)44-18-6-11-23-51(44)58/h1-33H. The first-order chi connectivity index (χ1) is 29.2. The maximum atomic E-state index is 6.64. The van der Waals surface area contributed by atoms with Gasteiger partial charge in [0.1, 0.15) is 11.2 Å². The Bertz CT molecular complexity index is 3610. The van der Waals surface area contributed by atoms with E-state index in [9.17, 15) is 0 Å². The lowest BCUT2D eigenvalue weighted by Crippen LogP contribution is -2.00. The second kappa shape index (κ2) is 12.3. The van der Waals surface area contributed by atoms with E-state index in [0.717, 1.165) is 72.0 Å². The first-order valence-electron chi connectivity index (χ1n) is 20.1. The highest BCUT2D eigenvalue weighted by molar-refractivity contribution is 6.21. The van der Waals surface area contributed by atoms with Crippen LogP contribution in [0.5, 0.6) is 0 Å². The molecule has 0 aliphatic heterocycles. The van der Waals surface area contributed by atoms with Gasteiger partial charge in [0, 0.05) is 49.3 Å². The third kappa shape index (κ3) is 4.75. The first-order valence-corrected chi connectivity index (χ1v) is 20.1. The van der Waals surface area contributed by atoms with Gasteiger partial charge in [0.15, 0.2) is 0 Å². The third-order valence-corrected chi connectivity index (χ3v) is 12.2. The van der Waals surface area contributed by atoms with Gasteiger partial charge in [-0.1, -0.05) is 140 Å². The number of benzene rings is 9. The lowest BCUT2D eigenvalue weighted by atomic mass is 9.98. The van der Waals surface area contributed by atoms with Gasteiger partial charge in [0.05, 0.1) is 38.7 Å². The Morgan fingerprint density at radius 1 is 0.356 bits per heavy atom. The van der Waals surface area contributed by atoms with E-state index < -0.39 is 0 Å². The fourth-order valence-corrected chi connectivity index (χ4v) is 9.60. The smallest absolute Gasteiger partial charge is 0.147 e. The monoisotopic (exact) mass is 751 g/mol. The highest BCUT2D eigenvalue weighted by atomic mass is 16.3. The van der Waals surface area contributed by atoms with E-state index >= 15 is 0 Å². The molecule has 4 nitrogen and oxygen atoms in total. The summed E-state index contributed by atoms with van der Waals surface area (Å²) in [6.07, 6.45) is 0. The molecule has 274 valence electrons. The Labute approximate surface area is 338 Å². The van der Waals surface area contributed by atoms with Crippen LogP contribution < -0.4 is 0 Å². The van der Waals surface area contributed by atoms with Gasteiger partial charge in [0.2, 0.25) is 0 Å². The zero-order valence-corrected chi connectivity index (χ0v) is 31.8. The number of aromatic nitrogens is 3. The Morgan fingerprint density at radius 2 is 0.814 bits per heavy atom. The van der Waals surface area contributed by atoms with Crippen LogP contribution in [0, 0.1) is 0 Å². The number of pyridine rings is 1. The van der Waals surface area contributed by atoms with E-state index in [2.05, 4.69) is 197 Å². The van der Waals surface area contributed by atoms with Gasteiger partial charge in [0.25, 0.3) is 0 Å². The van der Waals surface area contributed by atoms with Crippen molar-refractivity contribution in [1.29, 1.82) is 0 Å². The van der Waals surface area contributed by atoms with Gasteiger partial charge in [-0.25, -0.2) is 4.98 Å². The molecule has 0 saturated heterocycles. The van der Waals surface area contributed by atoms with Crippen molar-refractivity contribution in [2.75, 3.05) is 0 Å². The van der Waals surface area contributed by atoms with Gasteiger partial charge in [-0.05, 0) is 82.6 Å². The molecule has 0 saturated carbocycles. The summed E-state index contributed by atoms with van der Waals surface area (Å²) in [5, 5.41) is 10.4. The minimum absolute atomic E-state index is 0.863. The van der Waals surface area contributed by atoms with Crippen molar-refractivity contribution >= 4 is 87.2 Å². The number of fused-ring (bicyclic) bond motifs is 12. The van der Waals surface area contributed by atoms with Crippen LogP contribution >= 0.6 is 0 Å². The normalized spacial score (nSPS) is 12.1. The summed E-state index contributed by atoms with van der Waals surface area (Å²) < 4.78 is 11.5. The molecule has 4 heterocycles. The number of rotatable bonds is 4. The number of nitrogens with zero attached hydrogens (tertiary/aromatic N) is 3. The Balaban J connectivity index is 1.05. The van der Waals surface area contributed by atoms with Crippen LogP contribution in [-0.2, 0) is 0 Å². The van der Waals surface area contributed by atoms with E-state index in [4.69, 9.17) is 9.40 Å². The van der Waals surface area contributed by atoms with E-state index in [0.29, 0.717) is 0 Å². The van der Waals surface area contributed by atoms with Crippen LogP contribution in [0.3, 0.4) is 0 Å². The lowest BCUT2D eigenvalue weighted by molar-refractivity contribution is 0.672. The van der Waals surface area contributed by atoms with Crippen molar-refractivity contribution in [2.45, 2.75) is 0 Å². The molecule has 0 aliphatic rings. The largest absolute Gasteiger partial charge is 0.455 e. The number of furan rings is 1. The average molecular weight is 752 g/mol. The SMILES string of the molecule is c1ccc2cc3c(cc2c1)nc(-c1ccc(-c2cc(-n4c5ccccc5c5ccccc54)cc(-n4c5ccccc5c5ccccc54)c2)cc1)c1c2ccccc2oc31. The number of para-hydroxylation sites is 5. The summed E-state index contributed by atoms with van der Waals surface area (Å²) in [5.41, 5.74) is 13.8. The van der Waals surface area contributed by atoms with Crippen molar-refractivity contribution in [2.24, 2.45) is 0 Å². The molecule has 9 aromatic carbocycles. The maximum Gasteiger partial charge on any atom is 0.147 e. The van der Waals surface area contributed by atoms with Crippen molar-refractivity contribution in [3.8, 4) is 33.8 Å². The molecule has 0 aliphatic carbocycles. The summed E-state index contributed by atoms with van der Waals surface area (Å²) in [4.78, 5) is 5.39. The molecule has 0 bridgehead atoms. The highest BCUT2D eigenvalue weighted by Gasteiger charge is 2.20. The minimum Gasteiger partial charge on any atom is -0.455 e. The lowest BCUT2D eigenvalue weighted by Gasteiger charge is -2.16. The molecule has 0 amide bonds. The van der Waals surface area contributed by atoms with Gasteiger partial charge in [-0.3, -0.25) is 0 Å². The molecule has 4 heteroatoms. The second-order valence-corrected chi connectivity index (χ2v) is 15.5. The fourth-order valence-electron chi connectivity index (χ4n) is 9.60. The van der Waals surface area contributed by atoms with Crippen molar-refractivity contribution in [3.05, 3.63) is 200 Å². The van der Waals surface area contributed by atoms with Crippen molar-refractivity contribution in [3.63, 3.8) is 0 Å². The van der Waals surface area contributed by atoms with Crippen LogP contribution in [0.25, 0.3) is 121 Å². The average Bonchev–Trinajstić information content (AvgIpc) is 3.97. The van der Waals surface area contributed by atoms with E-state index in [-0.39, 0.29) is 0 Å². The predicted molar refractivity (Wildman–Crippen MR) is 246 cm³/mol. The molecule has 13 aromatic rings. The van der Waals surface area contributed by atoms with Crippen LogP contribution in [0.1, 0.15) is 0 Å². The zero-order valence-electron chi connectivity index (χ0n) is 31.8. The molecule has 13 rings (SSSR count). The summed E-state index contributed by atoms with van der Waals surface area (Å²) in [6.45, 7) is 0. The minimum atomic E-state index is 0.863. The molecule has 0 spiro atoms. The maximum absolute atomic E-state index is 6.64. The van der Waals surface area contributed by atoms with Crippen molar-refractivity contribution < 1.29 is 4.42 Å². The van der Waals surface area contributed by atoms with E-state index in [1.54, 1.807) is 0 Å². The van der Waals surface area contributed by atoms with Gasteiger partial charge in [-0.2, -0.15) is 0 Å². The molecule has 0 fully saturated rings. The first kappa shape index (κ1) is 32.2. The quantitative estimate of drug-likeness (QED) is 0.168. The topological polar surface area (TPSA) is 35.9 Å². The Kier molecular flexibility index (Phi) is 6.69. The van der Waals surface area contributed by atoms with Gasteiger partial charge < -0.3 is 13.6 Å². The molecule has 0 N–H and O–H groups in total.